The third-order valence-corrected chi connectivity index (χ3v) is 7.01. The molecule has 6 heteroatoms. The molecule has 1 saturated heterocycles. The summed E-state index contributed by atoms with van der Waals surface area (Å²) in [6, 6.07) is 11.4. The predicted molar refractivity (Wildman–Crippen MR) is 117 cm³/mol. The van der Waals surface area contributed by atoms with Crippen molar-refractivity contribution >= 4 is 5.91 Å². The molecule has 5 rings (SSSR count). The third kappa shape index (κ3) is 4.12. The monoisotopic (exact) mass is 405 g/mol. The van der Waals surface area contributed by atoms with Crippen molar-refractivity contribution in [1.82, 2.24) is 24.9 Å². The Balaban J connectivity index is 1.17. The number of hydrogen-bond donors (Lipinski definition) is 0. The number of carbonyl (C=O) groups excluding carboxylic acids is 1. The van der Waals surface area contributed by atoms with Gasteiger partial charge in [0, 0.05) is 50.9 Å². The molecule has 6 nitrogen and oxygen atoms in total. The molecular weight excluding hydrogens is 374 g/mol. The van der Waals surface area contributed by atoms with Gasteiger partial charge in [-0.05, 0) is 55.5 Å². The Morgan fingerprint density at radius 1 is 1.00 bits per heavy atom. The van der Waals surface area contributed by atoms with Gasteiger partial charge < -0.3 is 4.90 Å². The number of aryl methyl sites for hydroxylation is 1. The van der Waals surface area contributed by atoms with E-state index < -0.39 is 0 Å². The van der Waals surface area contributed by atoms with E-state index in [1.165, 1.54) is 30.4 Å². The highest BCUT2D eigenvalue weighted by molar-refractivity contribution is 5.78. The summed E-state index contributed by atoms with van der Waals surface area (Å²) < 4.78 is 0. The molecule has 0 radical (unpaired) electrons. The molecule has 0 spiro atoms. The number of amides is 1. The Hall–Kier alpha value is -2.31. The molecule has 1 amide bonds. The maximum Gasteiger partial charge on any atom is 0.236 e. The molecule has 3 aliphatic rings. The number of nitrogens with zero attached hydrogens (tertiary/aromatic N) is 5. The Morgan fingerprint density at radius 3 is 2.53 bits per heavy atom. The van der Waals surface area contributed by atoms with Crippen molar-refractivity contribution in [3.8, 4) is 11.3 Å². The summed E-state index contributed by atoms with van der Waals surface area (Å²) in [6.07, 6.45) is 5.05. The summed E-state index contributed by atoms with van der Waals surface area (Å²) in [5, 5.41) is 8.49. The number of carbonyl (C=O) groups is 1. The van der Waals surface area contributed by atoms with Crippen molar-refractivity contribution in [2.75, 3.05) is 39.3 Å². The van der Waals surface area contributed by atoms with Crippen LogP contribution in [0.2, 0.25) is 0 Å². The van der Waals surface area contributed by atoms with E-state index in [4.69, 9.17) is 0 Å². The minimum absolute atomic E-state index is 0.290. The molecule has 1 aromatic carbocycles. The highest BCUT2D eigenvalue weighted by Gasteiger charge is 2.30. The van der Waals surface area contributed by atoms with Crippen LogP contribution in [0, 0.1) is 6.92 Å². The number of benzene rings is 1. The SMILES string of the molecule is Cc1ccc(-c2ccc3c(c2)CCN(CC(=O)N2CCN(C4CCC4)CC2)C3)nn1. The van der Waals surface area contributed by atoms with Crippen LogP contribution in [0.1, 0.15) is 36.1 Å². The zero-order chi connectivity index (χ0) is 20.5. The Bertz CT molecular complexity index is 900. The Kier molecular flexibility index (Phi) is 5.52. The first-order chi connectivity index (χ1) is 14.7. The van der Waals surface area contributed by atoms with Crippen LogP contribution in [-0.4, -0.2) is 76.1 Å². The summed E-state index contributed by atoms with van der Waals surface area (Å²) in [6.45, 7) is 8.14. The molecule has 0 unspecified atom stereocenters. The average Bonchev–Trinajstić information content (AvgIpc) is 2.73. The molecule has 158 valence electrons. The van der Waals surface area contributed by atoms with E-state index in [9.17, 15) is 4.79 Å². The van der Waals surface area contributed by atoms with Crippen molar-refractivity contribution in [1.29, 1.82) is 0 Å². The molecule has 0 N–H and O–H groups in total. The van der Waals surface area contributed by atoms with Gasteiger partial charge in [-0.1, -0.05) is 18.6 Å². The van der Waals surface area contributed by atoms with Crippen LogP contribution < -0.4 is 0 Å². The first kappa shape index (κ1) is 19.6. The van der Waals surface area contributed by atoms with Gasteiger partial charge >= 0.3 is 0 Å². The Labute approximate surface area is 178 Å². The van der Waals surface area contributed by atoms with Crippen LogP contribution in [0.3, 0.4) is 0 Å². The van der Waals surface area contributed by atoms with E-state index in [2.05, 4.69) is 43.1 Å². The fourth-order valence-electron chi connectivity index (χ4n) is 4.84. The maximum atomic E-state index is 12.9. The number of rotatable bonds is 4. The summed E-state index contributed by atoms with van der Waals surface area (Å²) in [5.41, 5.74) is 5.67. The summed E-state index contributed by atoms with van der Waals surface area (Å²) >= 11 is 0. The van der Waals surface area contributed by atoms with Gasteiger partial charge in [0.1, 0.15) is 0 Å². The van der Waals surface area contributed by atoms with E-state index in [0.29, 0.717) is 12.5 Å². The average molecular weight is 406 g/mol. The lowest BCUT2D eigenvalue weighted by molar-refractivity contribution is -0.135. The van der Waals surface area contributed by atoms with Gasteiger partial charge in [-0.3, -0.25) is 14.6 Å². The van der Waals surface area contributed by atoms with E-state index in [-0.39, 0.29) is 0 Å². The maximum absolute atomic E-state index is 12.9. The third-order valence-electron chi connectivity index (χ3n) is 7.01. The van der Waals surface area contributed by atoms with Gasteiger partial charge in [0.15, 0.2) is 0 Å². The van der Waals surface area contributed by atoms with Crippen LogP contribution in [0.5, 0.6) is 0 Å². The fourth-order valence-corrected chi connectivity index (χ4v) is 4.84. The van der Waals surface area contributed by atoms with Crippen molar-refractivity contribution in [2.45, 2.75) is 45.2 Å². The van der Waals surface area contributed by atoms with E-state index in [1.54, 1.807) is 0 Å². The van der Waals surface area contributed by atoms with Crippen molar-refractivity contribution in [3.63, 3.8) is 0 Å². The number of aromatic nitrogens is 2. The van der Waals surface area contributed by atoms with Crippen molar-refractivity contribution in [3.05, 3.63) is 47.2 Å². The number of piperazine rings is 1. The Morgan fingerprint density at radius 2 is 1.83 bits per heavy atom. The standard InChI is InChI=1S/C24H31N5O/c1-18-5-8-23(26-25-18)20-6-7-21-16-27(10-9-19(21)15-20)17-24(30)29-13-11-28(12-14-29)22-3-2-4-22/h5-8,15,22H,2-4,9-14,16-17H2,1H3. The summed E-state index contributed by atoms with van der Waals surface area (Å²) in [7, 11) is 0. The molecule has 2 fully saturated rings. The van der Waals surface area contributed by atoms with Gasteiger partial charge in [-0.15, -0.1) is 0 Å². The summed E-state index contributed by atoms with van der Waals surface area (Å²) in [5.74, 6) is 0.290. The number of hydrogen-bond acceptors (Lipinski definition) is 5. The molecule has 1 aromatic heterocycles. The first-order valence-electron chi connectivity index (χ1n) is 11.3. The van der Waals surface area contributed by atoms with Gasteiger partial charge in [-0.2, -0.15) is 10.2 Å². The van der Waals surface area contributed by atoms with Crippen LogP contribution in [0.15, 0.2) is 30.3 Å². The number of fused-ring (bicyclic) bond motifs is 1. The molecule has 1 aliphatic carbocycles. The van der Waals surface area contributed by atoms with Gasteiger partial charge in [-0.25, -0.2) is 0 Å². The molecular formula is C24H31N5O. The zero-order valence-electron chi connectivity index (χ0n) is 17.9. The minimum atomic E-state index is 0.290. The van der Waals surface area contributed by atoms with E-state index >= 15 is 0 Å². The van der Waals surface area contributed by atoms with Crippen LogP contribution in [0.25, 0.3) is 11.3 Å². The molecule has 3 heterocycles. The molecule has 2 aliphatic heterocycles. The molecule has 30 heavy (non-hydrogen) atoms. The van der Waals surface area contributed by atoms with Crippen LogP contribution in [-0.2, 0) is 17.8 Å². The lowest BCUT2D eigenvalue weighted by Gasteiger charge is -2.43. The van der Waals surface area contributed by atoms with Gasteiger partial charge in [0.2, 0.25) is 5.91 Å². The smallest absolute Gasteiger partial charge is 0.236 e. The predicted octanol–water partition coefficient (Wildman–Crippen LogP) is 2.51. The van der Waals surface area contributed by atoms with Gasteiger partial charge in [0.05, 0.1) is 17.9 Å². The molecule has 0 bridgehead atoms. The first-order valence-corrected chi connectivity index (χ1v) is 11.3. The summed E-state index contributed by atoms with van der Waals surface area (Å²) in [4.78, 5) is 19.8. The lowest BCUT2D eigenvalue weighted by Crippen LogP contribution is -2.55. The van der Waals surface area contributed by atoms with Gasteiger partial charge in [0.25, 0.3) is 0 Å². The largest absolute Gasteiger partial charge is 0.339 e. The topological polar surface area (TPSA) is 52.6 Å². The molecule has 0 atom stereocenters. The van der Waals surface area contributed by atoms with Crippen LogP contribution in [0.4, 0.5) is 0 Å². The van der Waals surface area contributed by atoms with E-state index in [1.807, 2.05) is 19.1 Å². The quantitative estimate of drug-likeness (QED) is 0.782. The molecule has 2 aromatic rings. The van der Waals surface area contributed by atoms with Crippen LogP contribution >= 0.6 is 0 Å². The second-order valence-electron chi connectivity index (χ2n) is 9.01. The second-order valence-corrected chi connectivity index (χ2v) is 9.01. The normalized spacial score (nSPS) is 20.6. The highest BCUT2D eigenvalue weighted by Crippen LogP contribution is 2.27. The highest BCUT2D eigenvalue weighted by atomic mass is 16.2. The minimum Gasteiger partial charge on any atom is -0.339 e. The second kappa shape index (κ2) is 8.44. The zero-order valence-corrected chi connectivity index (χ0v) is 17.9. The van der Waals surface area contributed by atoms with Crippen molar-refractivity contribution in [2.24, 2.45) is 0 Å². The fraction of sp³-hybridized carbons (Fsp3) is 0.542. The molecule has 1 saturated carbocycles. The lowest BCUT2D eigenvalue weighted by atomic mass is 9.91. The van der Waals surface area contributed by atoms with E-state index in [0.717, 1.165) is 68.7 Å². The van der Waals surface area contributed by atoms with Crippen molar-refractivity contribution < 1.29 is 4.79 Å².